The number of aromatic amines is 1. The van der Waals surface area contributed by atoms with Crippen molar-refractivity contribution in [1.29, 1.82) is 0 Å². The first-order chi connectivity index (χ1) is 11.2. The Morgan fingerprint density at radius 1 is 1.39 bits per heavy atom. The van der Waals surface area contributed by atoms with Gasteiger partial charge in [-0.3, -0.25) is 0 Å². The lowest BCUT2D eigenvalue weighted by atomic mass is 10.0. The molecular weight excluding hydrogens is 312 g/mol. The number of carbonyl (C=O) groups excluding carboxylic acids is 1. The number of carbonyl (C=O) groups is 1. The maximum Gasteiger partial charge on any atom is 0.357 e. The summed E-state index contributed by atoms with van der Waals surface area (Å²) in [6, 6.07) is 5.91. The van der Waals surface area contributed by atoms with Crippen LogP contribution < -0.4 is 0 Å². The molecule has 0 spiro atoms. The van der Waals surface area contributed by atoms with E-state index in [1.807, 2.05) is 18.2 Å². The van der Waals surface area contributed by atoms with E-state index in [0.29, 0.717) is 6.61 Å². The van der Waals surface area contributed by atoms with Gasteiger partial charge in [0, 0.05) is 34.3 Å². The number of methoxy groups -OCH3 is 1. The molecule has 0 atom stereocenters. The highest BCUT2D eigenvalue weighted by molar-refractivity contribution is 7.79. The third kappa shape index (κ3) is 2.71. The van der Waals surface area contributed by atoms with Gasteiger partial charge in [0.15, 0.2) is 5.69 Å². The van der Waals surface area contributed by atoms with Crippen molar-refractivity contribution in [3.63, 3.8) is 0 Å². The Labute approximate surface area is 138 Å². The fourth-order valence-corrected chi connectivity index (χ4v) is 2.86. The van der Waals surface area contributed by atoms with Crippen LogP contribution in [-0.4, -0.2) is 35.0 Å². The molecule has 0 aliphatic carbocycles. The highest BCUT2D eigenvalue weighted by Gasteiger charge is 2.20. The van der Waals surface area contributed by atoms with Crippen molar-refractivity contribution < 1.29 is 14.3 Å². The number of nitrogens with zero attached hydrogens (tertiary/aromatic N) is 1. The van der Waals surface area contributed by atoms with Crippen molar-refractivity contribution in [1.82, 2.24) is 9.97 Å². The second-order valence-corrected chi connectivity index (χ2v) is 5.31. The first-order valence-corrected chi connectivity index (χ1v) is 7.71. The Bertz CT molecular complexity index is 902. The summed E-state index contributed by atoms with van der Waals surface area (Å²) < 4.78 is 10.4. The molecule has 0 bridgehead atoms. The molecule has 5 nitrogen and oxygen atoms in total. The van der Waals surface area contributed by atoms with Gasteiger partial charge in [-0.2, -0.15) is 0 Å². The number of pyridine rings is 1. The molecule has 0 amide bonds. The average Bonchev–Trinajstić information content (AvgIpc) is 2.93. The average molecular weight is 328 g/mol. The van der Waals surface area contributed by atoms with Crippen molar-refractivity contribution in [3.8, 4) is 0 Å². The highest BCUT2D eigenvalue weighted by atomic mass is 32.1. The Morgan fingerprint density at radius 2 is 2.22 bits per heavy atom. The van der Waals surface area contributed by atoms with Crippen molar-refractivity contribution in [2.45, 2.75) is 13.5 Å². The molecule has 0 aliphatic rings. The number of thiocarbonyl (C=S) groups is 1. The number of hydrogen-bond acceptors (Lipinski definition) is 5. The summed E-state index contributed by atoms with van der Waals surface area (Å²) in [7, 11) is 1.59. The van der Waals surface area contributed by atoms with Crippen LogP contribution in [-0.2, 0) is 16.1 Å². The van der Waals surface area contributed by atoms with Crippen LogP contribution in [0, 0.1) is 0 Å². The van der Waals surface area contributed by atoms with Crippen molar-refractivity contribution in [3.05, 3.63) is 41.2 Å². The molecule has 3 aromatic rings. The first kappa shape index (κ1) is 15.6. The van der Waals surface area contributed by atoms with E-state index in [9.17, 15) is 4.79 Å². The quantitative estimate of drug-likeness (QED) is 0.574. The Hall–Kier alpha value is -2.31. The minimum Gasteiger partial charge on any atom is -0.461 e. The molecule has 3 rings (SSSR count). The number of ether oxygens (including phenoxy) is 2. The van der Waals surface area contributed by atoms with Crippen molar-refractivity contribution in [2.24, 2.45) is 0 Å². The van der Waals surface area contributed by atoms with E-state index in [4.69, 9.17) is 21.7 Å². The van der Waals surface area contributed by atoms with Crippen LogP contribution in [0.5, 0.6) is 0 Å². The molecule has 6 heteroatoms. The third-order valence-electron chi connectivity index (χ3n) is 3.66. The first-order valence-electron chi connectivity index (χ1n) is 7.24. The van der Waals surface area contributed by atoms with E-state index in [1.54, 1.807) is 25.6 Å². The van der Waals surface area contributed by atoms with Gasteiger partial charge in [-0.1, -0.05) is 18.3 Å². The molecule has 1 N–H and O–H groups in total. The number of rotatable bonds is 5. The number of fused-ring (bicyclic) bond motifs is 3. The van der Waals surface area contributed by atoms with E-state index in [2.05, 4.69) is 9.97 Å². The summed E-state index contributed by atoms with van der Waals surface area (Å²) >= 11 is 5.02. The van der Waals surface area contributed by atoms with Crippen LogP contribution in [0.25, 0.3) is 21.8 Å². The molecule has 0 saturated carbocycles. The van der Waals surface area contributed by atoms with Crippen LogP contribution in [0.1, 0.15) is 28.5 Å². The number of nitrogens with one attached hydrogen (secondary N) is 1. The van der Waals surface area contributed by atoms with Crippen LogP contribution in [0.2, 0.25) is 0 Å². The molecule has 2 aromatic heterocycles. The standard InChI is InChI=1S/C17H16N2O3S/c1-3-22-17(20)16-12(8-21-2)15-11-6-10(9-23)4-5-13(11)19-14(15)7-18-16/h4-7,9,19H,3,8H2,1-2H3. The van der Waals surface area contributed by atoms with Crippen LogP contribution >= 0.6 is 12.2 Å². The zero-order valence-corrected chi connectivity index (χ0v) is 13.7. The third-order valence-corrected chi connectivity index (χ3v) is 3.93. The van der Waals surface area contributed by atoms with Crippen molar-refractivity contribution in [2.75, 3.05) is 13.7 Å². The van der Waals surface area contributed by atoms with Gasteiger partial charge in [0.2, 0.25) is 0 Å². The number of benzene rings is 1. The van der Waals surface area contributed by atoms with Gasteiger partial charge < -0.3 is 14.5 Å². The van der Waals surface area contributed by atoms with Gasteiger partial charge >= 0.3 is 5.97 Å². The number of H-pyrrole nitrogens is 1. The summed E-state index contributed by atoms with van der Waals surface area (Å²) in [5.41, 5.74) is 3.75. The molecule has 0 fully saturated rings. The van der Waals surface area contributed by atoms with Gasteiger partial charge in [-0.25, -0.2) is 9.78 Å². The second kappa shape index (κ2) is 6.44. The van der Waals surface area contributed by atoms with Gasteiger partial charge in [-0.15, -0.1) is 0 Å². The SMILES string of the molecule is CCOC(=O)c1ncc2[nH]c3ccc(C=S)cc3c2c1COC. The van der Waals surface area contributed by atoms with E-state index in [0.717, 1.165) is 32.9 Å². The lowest BCUT2D eigenvalue weighted by molar-refractivity contribution is 0.0514. The number of hydrogen-bond donors (Lipinski definition) is 1. The lowest BCUT2D eigenvalue weighted by Gasteiger charge is -2.09. The molecule has 2 heterocycles. The topological polar surface area (TPSA) is 64.2 Å². The molecule has 118 valence electrons. The molecule has 0 saturated heterocycles. The van der Waals surface area contributed by atoms with Gasteiger partial charge in [-0.05, 0) is 24.6 Å². The predicted molar refractivity (Wildman–Crippen MR) is 93.0 cm³/mol. The van der Waals surface area contributed by atoms with Gasteiger partial charge in [0.05, 0.1) is 24.9 Å². The van der Waals surface area contributed by atoms with Gasteiger partial charge in [0.25, 0.3) is 0 Å². The zero-order valence-electron chi connectivity index (χ0n) is 12.9. The molecule has 23 heavy (non-hydrogen) atoms. The zero-order chi connectivity index (χ0) is 16.4. The van der Waals surface area contributed by atoms with E-state index < -0.39 is 5.97 Å². The number of esters is 1. The Kier molecular flexibility index (Phi) is 4.36. The maximum atomic E-state index is 12.2. The summed E-state index contributed by atoms with van der Waals surface area (Å²) in [5.74, 6) is -0.443. The minimum atomic E-state index is -0.443. The second-order valence-electron chi connectivity index (χ2n) is 5.08. The van der Waals surface area contributed by atoms with E-state index in [-0.39, 0.29) is 12.3 Å². The van der Waals surface area contributed by atoms with Crippen LogP contribution in [0.4, 0.5) is 0 Å². The number of aromatic nitrogens is 2. The monoisotopic (exact) mass is 328 g/mol. The largest absolute Gasteiger partial charge is 0.461 e. The van der Waals surface area contributed by atoms with Gasteiger partial charge in [0.1, 0.15) is 0 Å². The van der Waals surface area contributed by atoms with Crippen LogP contribution in [0.15, 0.2) is 24.4 Å². The van der Waals surface area contributed by atoms with Crippen molar-refractivity contribution >= 4 is 45.4 Å². The minimum absolute atomic E-state index is 0.271. The van der Waals surface area contributed by atoms with Crippen LogP contribution in [0.3, 0.4) is 0 Å². The maximum absolute atomic E-state index is 12.2. The summed E-state index contributed by atoms with van der Waals surface area (Å²) in [6.07, 6.45) is 1.65. The molecule has 1 aromatic carbocycles. The normalized spacial score (nSPS) is 11.0. The van der Waals surface area contributed by atoms with E-state index >= 15 is 0 Å². The fraction of sp³-hybridized carbons (Fsp3) is 0.235. The summed E-state index contributed by atoms with van der Waals surface area (Å²) in [5, 5.41) is 3.53. The van der Waals surface area contributed by atoms with E-state index in [1.165, 1.54) is 0 Å². The molecular formula is C17H16N2O3S. The Morgan fingerprint density at radius 3 is 2.91 bits per heavy atom. The summed E-state index contributed by atoms with van der Waals surface area (Å²) in [4.78, 5) is 19.8. The smallest absolute Gasteiger partial charge is 0.357 e. The fourth-order valence-electron chi connectivity index (χ4n) is 2.71. The predicted octanol–water partition coefficient (Wildman–Crippen LogP) is 3.39. The molecule has 0 radical (unpaired) electrons. The summed E-state index contributed by atoms with van der Waals surface area (Å²) in [6.45, 7) is 2.34. The molecule has 0 unspecified atom stereocenters. The Balaban J connectivity index is 2.34. The lowest BCUT2D eigenvalue weighted by Crippen LogP contribution is -2.11. The highest BCUT2D eigenvalue weighted by Crippen LogP contribution is 2.30. The molecule has 0 aliphatic heterocycles.